The third kappa shape index (κ3) is 4.25. The molecule has 1 saturated carbocycles. The van der Waals surface area contributed by atoms with Gasteiger partial charge in [0, 0.05) is 31.6 Å². The molecule has 1 aromatic rings. The largest absolute Gasteiger partial charge is 0.488 e. The first-order chi connectivity index (χ1) is 12.9. The number of benzene rings is 1. The molecule has 0 amide bonds. The van der Waals surface area contributed by atoms with Crippen molar-refractivity contribution in [3.05, 3.63) is 17.7 Å². The van der Waals surface area contributed by atoms with E-state index in [1.807, 2.05) is 0 Å². The fourth-order valence-corrected chi connectivity index (χ4v) is 4.42. The van der Waals surface area contributed by atoms with Gasteiger partial charge >= 0.3 is 7.12 Å². The predicted molar refractivity (Wildman–Crippen MR) is 100 cm³/mol. The maximum absolute atomic E-state index is 9.66. The van der Waals surface area contributed by atoms with Crippen molar-refractivity contribution in [2.75, 3.05) is 27.8 Å². The van der Waals surface area contributed by atoms with Gasteiger partial charge in [-0.05, 0) is 50.7 Å². The van der Waals surface area contributed by atoms with Gasteiger partial charge in [0.1, 0.15) is 23.9 Å². The summed E-state index contributed by atoms with van der Waals surface area (Å²) < 4.78 is 28.1. The standard InChI is InChI=1S/C19H29BO7/c1-19(2)15-6-5-13(25-10-23-3)9-14(15)18-16(26-11-24-4)7-12(20(21)22)8-17(18)27-19/h7-8,13-15,21-22H,5-6,9-11H2,1-4H3/t13-,14-,15-/m1/s1. The van der Waals surface area contributed by atoms with E-state index in [9.17, 15) is 10.0 Å². The van der Waals surface area contributed by atoms with E-state index in [0.717, 1.165) is 24.8 Å². The average molecular weight is 380 g/mol. The molecule has 2 N–H and O–H groups in total. The van der Waals surface area contributed by atoms with Crippen molar-refractivity contribution in [3.8, 4) is 11.5 Å². The smallest absolute Gasteiger partial charge is 0.487 e. The van der Waals surface area contributed by atoms with Gasteiger partial charge in [-0.3, -0.25) is 0 Å². The summed E-state index contributed by atoms with van der Waals surface area (Å²) in [5.41, 5.74) is 0.908. The molecule has 27 heavy (non-hydrogen) atoms. The molecule has 1 aliphatic heterocycles. The van der Waals surface area contributed by atoms with Gasteiger partial charge in [0.15, 0.2) is 6.79 Å². The Bertz CT molecular complexity index is 649. The van der Waals surface area contributed by atoms with Gasteiger partial charge in [0.05, 0.1) is 6.10 Å². The van der Waals surface area contributed by atoms with Crippen molar-refractivity contribution in [2.45, 2.75) is 50.7 Å². The summed E-state index contributed by atoms with van der Waals surface area (Å²) in [6.45, 7) is 4.52. The van der Waals surface area contributed by atoms with Gasteiger partial charge in [-0.15, -0.1) is 0 Å². The number of methoxy groups -OCH3 is 2. The van der Waals surface area contributed by atoms with E-state index in [2.05, 4.69) is 13.8 Å². The van der Waals surface area contributed by atoms with Crippen molar-refractivity contribution < 1.29 is 33.7 Å². The van der Waals surface area contributed by atoms with E-state index in [0.29, 0.717) is 22.9 Å². The first-order valence-corrected chi connectivity index (χ1v) is 9.32. The van der Waals surface area contributed by atoms with Crippen molar-refractivity contribution in [1.82, 2.24) is 0 Å². The highest BCUT2D eigenvalue weighted by Gasteiger charge is 2.48. The van der Waals surface area contributed by atoms with E-state index >= 15 is 0 Å². The van der Waals surface area contributed by atoms with Crippen molar-refractivity contribution in [3.63, 3.8) is 0 Å². The molecule has 3 rings (SSSR count). The lowest BCUT2D eigenvalue weighted by molar-refractivity contribution is -0.105. The minimum atomic E-state index is -1.60. The van der Waals surface area contributed by atoms with Crippen LogP contribution in [-0.4, -0.2) is 56.7 Å². The van der Waals surface area contributed by atoms with Crippen molar-refractivity contribution in [2.24, 2.45) is 5.92 Å². The highest BCUT2D eigenvalue weighted by Crippen LogP contribution is 2.54. The van der Waals surface area contributed by atoms with E-state index in [1.54, 1.807) is 26.4 Å². The maximum Gasteiger partial charge on any atom is 0.488 e. The summed E-state index contributed by atoms with van der Waals surface area (Å²) in [6, 6.07) is 3.35. The predicted octanol–water partition coefficient (Wildman–Crippen LogP) is 1.39. The van der Waals surface area contributed by atoms with Gasteiger partial charge < -0.3 is 33.7 Å². The highest BCUT2D eigenvalue weighted by atomic mass is 16.7. The average Bonchev–Trinajstić information content (AvgIpc) is 2.63. The number of fused-ring (bicyclic) bond motifs is 3. The summed E-state index contributed by atoms with van der Waals surface area (Å²) in [6.07, 6.45) is 2.86. The molecule has 150 valence electrons. The normalized spacial score (nSPS) is 25.9. The van der Waals surface area contributed by atoms with Gasteiger partial charge in [-0.1, -0.05) is 0 Å². The van der Waals surface area contributed by atoms with Crippen LogP contribution in [0.3, 0.4) is 0 Å². The molecule has 0 spiro atoms. The number of hydrogen-bond donors (Lipinski definition) is 2. The molecule has 0 aromatic heterocycles. The third-order valence-corrected chi connectivity index (χ3v) is 5.62. The number of ether oxygens (including phenoxy) is 5. The Morgan fingerprint density at radius 2 is 1.89 bits per heavy atom. The number of rotatable bonds is 7. The van der Waals surface area contributed by atoms with Crippen LogP contribution >= 0.6 is 0 Å². The topological polar surface area (TPSA) is 86.6 Å². The second kappa shape index (κ2) is 8.37. The Balaban J connectivity index is 2.01. The molecule has 0 bridgehead atoms. The van der Waals surface area contributed by atoms with E-state index in [1.165, 1.54) is 0 Å². The molecule has 1 fully saturated rings. The summed E-state index contributed by atoms with van der Waals surface area (Å²) in [5, 5.41) is 19.3. The second-order valence-corrected chi connectivity index (χ2v) is 7.78. The Labute approximate surface area is 160 Å². The molecule has 8 heteroatoms. The zero-order valence-corrected chi connectivity index (χ0v) is 16.4. The molecule has 1 aromatic carbocycles. The first kappa shape index (κ1) is 20.4. The monoisotopic (exact) mass is 380 g/mol. The van der Waals surface area contributed by atoms with E-state index in [4.69, 9.17) is 23.7 Å². The molecular formula is C19H29BO7. The molecule has 1 heterocycles. The van der Waals surface area contributed by atoms with Gasteiger partial charge in [0.2, 0.25) is 0 Å². The maximum atomic E-state index is 9.66. The summed E-state index contributed by atoms with van der Waals surface area (Å²) >= 11 is 0. The third-order valence-electron chi connectivity index (χ3n) is 5.62. The molecular weight excluding hydrogens is 351 g/mol. The van der Waals surface area contributed by atoms with Gasteiger partial charge in [-0.25, -0.2) is 0 Å². The SMILES string of the molecule is COCOc1cc(B(O)O)cc2c1[C@@H]1C[C@H](OCOC)CC[C@H]1C(C)(C)O2. The van der Waals surface area contributed by atoms with Crippen LogP contribution in [-0.2, 0) is 14.2 Å². The molecule has 0 radical (unpaired) electrons. The summed E-state index contributed by atoms with van der Waals surface area (Å²) in [4.78, 5) is 0. The van der Waals surface area contributed by atoms with E-state index in [-0.39, 0.29) is 31.2 Å². The second-order valence-electron chi connectivity index (χ2n) is 7.78. The molecule has 3 atom stereocenters. The van der Waals surface area contributed by atoms with E-state index < -0.39 is 7.12 Å². The molecule has 1 aliphatic carbocycles. The molecule has 7 nitrogen and oxygen atoms in total. The fraction of sp³-hybridized carbons (Fsp3) is 0.684. The Hall–Kier alpha value is -1.32. The zero-order valence-electron chi connectivity index (χ0n) is 16.4. The van der Waals surface area contributed by atoms with Crippen LogP contribution in [0.25, 0.3) is 0 Å². The summed E-state index contributed by atoms with van der Waals surface area (Å²) in [5.74, 6) is 1.68. The minimum absolute atomic E-state index is 0.0712. The quantitative estimate of drug-likeness (QED) is 0.546. The summed E-state index contributed by atoms with van der Waals surface area (Å²) in [7, 11) is 1.57. The van der Waals surface area contributed by atoms with Gasteiger partial charge in [-0.2, -0.15) is 0 Å². The van der Waals surface area contributed by atoms with Crippen molar-refractivity contribution in [1.29, 1.82) is 0 Å². The minimum Gasteiger partial charge on any atom is -0.487 e. The van der Waals surface area contributed by atoms with Crippen LogP contribution in [0.1, 0.15) is 44.6 Å². The highest BCUT2D eigenvalue weighted by molar-refractivity contribution is 6.58. The van der Waals surface area contributed by atoms with Crippen LogP contribution in [0.5, 0.6) is 11.5 Å². The molecule has 2 aliphatic rings. The van der Waals surface area contributed by atoms with Crippen LogP contribution in [0.2, 0.25) is 0 Å². The van der Waals surface area contributed by atoms with Crippen LogP contribution in [0.4, 0.5) is 0 Å². The molecule has 0 unspecified atom stereocenters. The molecule has 0 saturated heterocycles. The number of hydrogen-bond acceptors (Lipinski definition) is 7. The Morgan fingerprint density at radius 1 is 1.15 bits per heavy atom. The lowest BCUT2D eigenvalue weighted by Gasteiger charge is -2.49. The van der Waals surface area contributed by atoms with Crippen LogP contribution in [0.15, 0.2) is 12.1 Å². The van der Waals surface area contributed by atoms with Gasteiger partial charge in [0.25, 0.3) is 0 Å². The van der Waals surface area contributed by atoms with Crippen LogP contribution < -0.4 is 14.9 Å². The van der Waals surface area contributed by atoms with Crippen molar-refractivity contribution >= 4 is 12.6 Å². The lowest BCUT2D eigenvalue weighted by Crippen LogP contribution is -2.48. The lowest BCUT2D eigenvalue weighted by atomic mass is 9.65. The zero-order chi connectivity index (χ0) is 19.6. The Kier molecular flexibility index (Phi) is 6.33. The van der Waals surface area contributed by atoms with Crippen LogP contribution in [0, 0.1) is 5.92 Å². The first-order valence-electron chi connectivity index (χ1n) is 9.32. The fourth-order valence-electron chi connectivity index (χ4n) is 4.42. The Morgan fingerprint density at radius 3 is 2.56 bits per heavy atom.